The molecule has 2 bridgehead atoms. The van der Waals surface area contributed by atoms with Gasteiger partial charge in [-0.15, -0.1) is 0 Å². The molecule has 0 unspecified atom stereocenters. The van der Waals surface area contributed by atoms with E-state index in [1.54, 1.807) is 0 Å². The molecule has 1 saturated heterocycles. The highest BCUT2D eigenvalue weighted by atomic mass is 32.4. The maximum atomic E-state index is 7.02. The van der Waals surface area contributed by atoms with Crippen molar-refractivity contribution in [2.75, 3.05) is 12.8 Å². The number of allylic oxidation sites excluding steroid dienone is 1. The highest BCUT2D eigenvalue weighted by Gasteiger charge is 2.65. The van der Waals surface area contributed by atoms with Gasteiger partial charge in [0.25, 0.3) is 0 Å². The Balaban J connectivity index is 1.54. The lowest BCUT2D eigenvalue weighted by atomic mass is 9.68. The predicted octanol–water partition coefficient (Wildman–Crippen LogP) is 8.84. The molecule has 2 nitrogen and oxygen atoms in total. The molecule has 38 heavy (non-hydrogen) atoms. The van der Waals surface area contributed by atoms with Crippen LogP contribution in [0.15, 0.2) is 95.5 Å². The van der Waals surface area contributed by atoms with Crippen molar-refractivity contribution >= 4 is 50.6 Å². The Kier molecular flexibility index (Phi) is 5.52. The van der Waals surface area contributed by atoms with Crippen LogP contribution in [0, 0.1) is 11.3 Å². The zero-order chi connectivity index (χ0) is 26.2. The minimum atomic E-state index is -2.12. The van der Waals surface area contributed by atoms with E-state index < -0.39 is 6.04 Å². The molecule has 4 aromatic rings. The fraction of sp³-hybridized carbons (Fsp3) is 0.324. The summed E-state index contributed by atoms with van der Waals surface area (Å²) in [5.41, 5.74) is 4.30. The van der Waals surface area contributed by atoms with Gasteiger partial charge in [0.2, 0.25) is 0 Å². The van der Waals surface area contributed by atoms with E-state index in [2.05, 4.69) is 113 Å². The van der Waals surface area contributed by atoms with Crippen molar-refractivity contribution in [3.05, 3.63) is 102 Å². The van der Waals surface area contributed by atoms with Crippen molar-refractivity contribution in [2.45, 2.75) is 45.3 Å². The maximum Gasteiger partial charge on any atom is 0.193 e. The van der Waals surface area contributed by atoms with E-state index in [0.717, 1.165) is 12.1 Å². The van der Waals surface area contributed by atoms with Crippen LogP contribution >= 0.6 is 6.04 Å². The molecular formula is C34H34NOPS. The van der Waals surface area contributed by atoms with Crippen molar-refractivity contribution < 1.29 is 4.74 Å². The summed E-state index contributed by atoms with van der Waals surface area (Å²) in [6, 6.07) is 29.1. The summed E-state index contributed by atoms with van der Waals surface area (Å²) in [5, 5.41) is 6.63. The molecule has 3 aliphatic rings. The van der Waals surface area contributed by atoms with Crippen molar-refractivity contribution in [1.29, 1.82) is 0 Å². The fourth-order valence-corrected chi connectivity index (χ4v) is 14.6. The van der Waals surface area contributed by atoms with Crippen LogP contribution in [0.5, 0.6) is 0 Å². The number of hydrogen-bond donors (Lipinski definition) is 0. The molecule has 7 rings (SSSR count). The number of fused-ring (bicyclic) bond motifs is 4. The summed E-state index contributed by atoms with van der Waals surface area (Å²) in [6.07, 6.45) is 1.03. The Labute approximate surface area is 230 Å². The Hall–Kier alpha value is -2.74. The van der Waals surface area contributed by atoms with Crippen LogP contribution in [0.3, 0.4) is 0 Å². The van der Waals surface area contributed by atoms with Gasteiger partial charge in [0.1, 0.15) is 6.61 Å². The van der Waals surface area contributed by atoms with Crippen LogP contribution in [0.4, 0.5) is 0 Å². The highest BCUT2D eigenvalue weighted by molar-refractivity contribution is 8.20. The number of nitrogens with zero attached hydrogens (tertiary/aromatic N) is 1. The minimum absolute atomic E-state index is 0.0310. The predicted molar refractivity (Wildman–Crippen MR) is 166 cm³/mol. The SMILES string of the molecule is CC1=C(c2c3ccccc3cc3ccccc23)[P@@]2(=S)C[C@@]1(C)[C@H](c1ccccc1)[C@@H]2C1=N[C@@H](C(C)C)CO1. The van der Waals surface area contributed by atoms with Crippen molar-refractivity contribution in [3.63, 3.8) is 0 Å². The first-order valence-electron chi connectivity index (χ1n) is 13.8. The van der Waals surface area contributed by atoms with Gasteiger partial charge in [0.05, 0.1) is 11.7 Å². The molecule has 1 fully saturated rings. The van der Waals surface area contributed by atoms with Gasteiger partial charge >= 0.3 is 0 Å². The Morgan fingerprint density at radius 3 is 2.13 bits per heavy atom. The van der Waals surface area contributed by atoms with Crippen LogP contribution in [-0.2, 0) is 16.5 Å². The van der Waals surface area contributed by atoms with E-state index in [1.807, 2.05) is 0 Å². The third-order valence-corrected chi connectivity index (χ3v) is 15.0. The van der Waals surface area contributed by atoms with Gasteiger partial charge in [-0.3, -0.25) is 0 Å². The second-order valence-corrected chi connectivity index (χ2v) is 16.8. The molecule has 0 aliphatic carbocycles. The van der Waals surface area contributed by atoms with Crippen LogP contribution in [0.25, 0.3) is 26.9 Å². The van der Waals surface area contributed by atoms with Gasteiger partial charge < -0.3 is 4.74 Å². The van der Waals surface area contributed by atoms with Gasteiger partial charge in [-0.05, 0) is 69.1 Å². The minimum Gasteiger partial charge on any atom is -0.478 e. The Bertz CT molecular complexity index is 1650. The summed E-state index contributed by atoms with van der Waals surface area (Å²) in [4.78, 5) is 5.25. The average Bonchev–Trinajstić information content (AvgIpc) is 3.55. The van der Waals surface area contributed by atoms with E-state index in [9.17, 15) is 0 Å². The fourth-order valence-electron chi connectivity index (χ4n) is 7.49. The molecule has 192 valence electrons. The quantitative estimate of drug-likeness (QED) is 0.192. The van der Waals surface area contributed by atoms with Crippen LogP contribution in [0.2, 0.25) is 0 Å². The number of rotatable bonds is 4. The first-order valence-corrected chi connectivity index (χ1v) is 16.9. The van der Waals surface area contributed by atoms with Gasteiger partial charge in [0.15, 0.2) is 5.90 Å². The molecule has 0 aromatic heterocycles. The molecule has 0 radical (unpaired) electrons. The summed E-state index contributed by atoms with van der Waals surface area (Å²) in [7, 11) is 0. The molecule has 0 spiro atoms. The zero-order valence-corrected chi connectivity index (χ0v) is 24.2. The van der Waals surface area contributed by atoms with E-state index in [-0.39, 0.29) is 23.0 Å². The topological polar surface area (TPSA) is 21.6 Å². The van der Waals surface area contributed by atoms with Gasteiger partial charge in [-0.25, -0.2) is 4.99 Å². The summed E-state index contributed by atoms with van der Waals surface area (Å²) >= 11 is 7.02. The van der Waals surface area contributed by atoms with Crippen molar-refractivity contribution in [2.24, 2.45) is 16.3 Å². The molecule has 4 aromatic carbocycles. The van der Waals surface area contributed by atoms with Crippen LogP contribution in [0.1, 0.15) is 44.7 Å². The van der Waals surface area contributed by atoms with E-state index >= 15 is 0 Å². The number of hydrogen-bond acceptors (Lipinski definition) is 3. The monoisotopic (exact) mass is 535 g/mol. The molecular weight excluding hydrogens is 501 g/mol. The van der Waals surface area contributed by atoms with Gasteiger partial charge in [-0.1, -0.05) is 117 Å². The first kappa shape index (κ1) is 24.3. The molecule has 0 saturated carbocycles. The lowest BCUT2D eigenvalue weighted by Crippen LogP contribution is -2.35. The molecule has 0 N–H and O–H groups in total. The normalized spacial score (nSPS) is 30.4. The molecule has 0 amide bonds. The number of ether oxygens (including phenoxy) is 1. The van der Waals surface area contributed by atoms with Gasteiger partial charge in [0, 0.05) is 11.3 Å². The standard InChI is InChI=1S/C34H34NOPS/c1-21(2)28-19-36-33(35-28)32-30(23-12-6-5-7-13-23)34(4)20-37(32,38)31(22(34)3)29-26-16-10-8-14-24(26)18-25-15-9-11-17-27(25)29/h5-18,21,28,30,32H,19-20H2,1-4H3/t28-,30-,32-,34-,37+/m1/s1. The van der Waals surface area contributed by atoms with Crippen molar-refractivity contribution in [3.8, 4) is 0 Å². The Morgan fingerprint density at radius 1 is 0.921 bits per heavy atom. The average molecular weight is 536 g/mol. The lowest BCUT2D eigenvalue weighted by Gasteiger charge is -2.40. The maximum absolute atomic E-state index is 7.02. The third-order valence-electron chi connectivity index (χ3n) is 9.49. The number of aliphatic imine (C=N–C) groups is 1. The Morgan fingerprint density at radius 2 is 1.53 bits per heavy atom. The molecule has 3 heterocycles. The smallest absolute Gasteiger partial charge is 0.193 e. The van der Waals surface area contributed by atoms with E-state index in [0.29, 0.717) is 12.5 Å². The van der Waals surface area contributed by atoms with Crippen LogP contribution in [-0.4, -0.2) is 30.4 Å². The molecule has 3 aliphatic heterocycles. The molecule has 4 heteroatoms. The number of benzene rings is 4. The highest BCUT2D eigenvalue weighted by Crippen LogP contribution is 2.84. The second kappa shape index (κ2) is 8.63. The summed E-state index contributed by atoms with van der Waals surface area (Å²) < 4.78 is 6.51. The summed E-state index contributed by atoms with van der Waals surface area (Å²) in [5.74, 6) is 1.67. The molecule has 5 atom stereocenters. The van der Waals surface area contributed by atoms with E-state index in [1.165, 1.54) is 43.6 Å². The van der Waals surface area contributed by atoms with E-state index in [4.69, 9.17) is 21.5 Å². The van der Waals surface area contributed by atoms with Gasteiger partial charge in [-0.2, -0.15) is 0 Å². The van der Waals surface area contributed by atoms with Crippen molar-refractivity contribution in [1.82, 2.24) is 0 Å². The largest absolute Gasteiger partial charge is 0.478 e. The lowest BCUT2D eigenvalue weighted by molar-refractivity contribution is 0.279. The first-order chi connectivity index (χ1) is 18.3. The van der Waals surface area contributed by atoms with Crippen LogP contribution < -0.4 is 0 Å². The zero-order valence-electron chi connectivity index (χ0n) is 22.5. The third kappa shape index (κ3) is 3.31. The summed E-state index contributed by atoms with van der Waals surface area (Å²) in [6.45, 7) is 10.0. The second-order valence-electron chi connectivity index (χ2n) is 12.0.